The first-order chi connectivity index (χ1) is 16.4. The molecule has 0 spiro atoms. The Morgan fingerprint density at radius 2 is 2.06 bits per heavy atom. The molecule has 1 N–H and O–H groups in total. The van der Waals surface area contributed by atoms with Crippen molar-refractivity contribution in [2.45, 2.75) is 26.6 Å². The van der Waals surface area contributed by atoms with Gasteiger partial charge in [0, 0.05) is 25.0 Å². The molecule has 10 heteroatoms. The van der Waals surface area contributed by atoms with Gasteiger partial charge < -0.3 is 19.7 Å². The van der Waals surface area contributed by atoms with Gasteiger partial charge in [0.1, 0.15) is 36.4 Å². The van der Waals surface area contributed by atoms with Gasteiger partial charge in [-0.15, -0.1) is 11.3 Å². The van der Waals surface area contributed by atoms with E-state index in [1.807, 2.05) is 36.6 Å². The number of hydrogen-bond donors (Lipinski definition) is 1. The van der Waals surface area contributed by atoms with Crippen molar-refractivity contribution in [3.8, 4) is 11.5 Å². The van der Waals surface area contributed by atoms with Gasteiger partial charge in [0.15, 0.2) is 0 Å². The Morgan fingerprint density at radius 1 is 1.21 bits per heavy atom. The second kappa shape index (κ2) is 10.7. The number of ether oxygens (including phenoxy) is 2. The topological polar surface area (TPSA) is 89.5 Å². The Kier molecular flexibility index (Phi) is 7.44. The lowest BCUT2D eigenvalue weighted by molar-refractivity contribution is -0.128. The molecule has 176 valence electrons. The summed E-state index contributed by atoms with van der Waals surface area (Å²) in [5, 5.41) is 6.45. The van der Waals surface area contributed by atoms with Gasteiger partial charge in [0.2, 0.25) is 5.91 Å². The molecule has 4 aromatic rings. The fraction of sp³-hybridized carbons (Fsp3) is 0.250. The fourth-order valence-corrected chi connectivity index (χ4v) is 4.11. The maximum absolute atomic E-state index is 11.6. The summed E-state index contributed by atoms with van der Waals surface area (Å²) in [7, 11) is 1.75. The van der Waals surface area contributed by atoms with E-state index in [-0.39, 0.29) is 12.0 Å². The first kappa shape index (κ1) is 23.7. The maximum atomic E-state index is 11.6. The first-order valence-electron chi connectivity index (χ1n) is 10.6. The van der Waals surface area contributed by atoms with E-state index in [2.05, 4.69) is 20.3 Å². The van der Waals surface area contributed by atoms with Crippen LogP contribution >= 0.6 is 22.9 Å². The molecule has 2 aromatic carbocycles. The Labute approximate surface area is 206 Å². The molecule has 34 heavy (non-hydrogen) atoms. The van der Waals surface area contributed by atoms with Gasteiger partial charge in [-0.2, -0.15) is 0 Å². The SMILES string of the molecule is CC(=O)N(C)CC(C)Oc1cccc2ncnc(Nc3ccc(OCc4cscn4)c(Cl)c3)c12. The predicted molar refractivity (Wildman–Crippen MR) is 134 cm³/mol. The third-order valence-corrected chi connectivity index (χ3v) is 6.01. The summed E-state index contributed by atoms with van der Waals surface area (Å²) in [6, 6.07) is 11.1. The summed E-state index contributed by atoms with van der Waals surface area (Å²) < 4.78 is 12.0. The van der Waals surface area contributed by atoms with Gasteiger partial charge in [-0.25, -0.2) is 15.0 Å². The van der Waals surface area contributed by atoms with E-state index >= 15 is 0 Å². The molecule has 2 heterocycles. The van der Waals surface area contributed by atoms with E-state index in [9.17, 15) is 4.79 Å². The van der Waals surface area contributed by atoms with E-state index in [4.69, 9.17) is 21.1 Å². The Hall–Kier alpha value is -3.43. The molecular formula is C24H24ClN5O3S. The second-order valence-electron chi connectivity index (χ2n) is 7.74. The summed E-state index contributed by atoms with van der Waals surface area (Å²) >= 11 is 7.97. The Bertz CT molecular complexity index is 1280. The summed E-state index contributed by atoms with van der Waals surface area (Å²) in [5.41, 5.74) is 4.09. The number of likely N-dealkylation sites (N-methyl/N-ethyl adjacent to an activating group) is 1. The minimum absolute atomic E-state index is 0.0186. The molecule has 1 atom stereocenters. The number of hydrogen-bond acceptors (Lipinski definition) is 8. The highest BCUT2D eigenvalue weighted by atomic mass is 35.5. The lowest BCUT2D eigenvalue weighted by Gasteiger charge is -2.22. The van der Waals surface area contributed by atoms with Crippen molar-refractivity contribution in [3.05, 3.63) is 64.3 Å². The number of thiazole rings is 1. The van der Waals surface area contributed by atoms with Crippen molar-refractivity contribution >= 4 is 51.3 Å². The number of anilines is 2. The number of carbonyl (C=O) groups excluding carboxylic acids is 1. The lowest BCUT2D eigenvalue weighted by Crippen LogP contribution is -2.34. The van der Waals surface area contributed by atoms with Crippen LogP contribution in [0.2, 0.25) is 5.02 Å². The van der Waals surface area contributed by atoms with Crippen LogP contribution in [0.25, 0.3) is 10.9 Å². The van der Waals surface area contributed by atoms with Crippen molar-refractivity contribution in [2.75, 3.05) is 18.9 Å². The lowest BCUT2D eigenvalue weighted by atomic mass is 10.2. The molecule has 0 aliphatic heterocycles. The molecule has 0 radical (unpaired) electrons. The molecule has 0 bridgehead atoms. The van der Waals surface area contributed by atoms with Crippen LogP contribution < -0.4 is 14.8 Å². The summed E-state index contributed by atoms with van der Waals surface area (Å²) in [6.45, 7) is 4.25. The molecule has 8 nitrogen and oxygen atoms in total. The normalized spacial score (nSPS) is 11.8. The minimum Gasteiger partial charge on any atom is -0.488 e. The first-order valence-corrected chi connectivity index (χ1v) is 11.9. The van der Waals surface area contributed by atoms with Gasteiger partial charge in [0.05, 0.1) is 33.7 Å². The number of benzene rings is 2. The molecule has 2 aromatic heterocycles. The monoisotopic (exact) mass is 497 g/mol. The fourth-order valence-electron chi connectivity index (χ4n) is 3.33. The van der Waals surface area contributed by atoms with E-state index in [0.717, 1.165) is 22.3 Å². The quantitative estimate of drug-likeness (QED) is 0.335. The van der Waals surface area contributed by atoms with Gasteiger partial charge in [-0.3, -0.25) is 4.79 Å². The van der Waals surface area contributed by atoms with Crippen LogP contribution in [0.3, 0.4) is 0 Å². The van der Waals surface area contributed by atoms with Crippen molar-refractivity contribution in [2.24, 2.45) is 0 Å². The van der Waals surface area contributed by atoms with Crippen LogP contribution in [0.4, 0.5) is 11.5 Å². The Balaban J connectivity index is 1.55. The van der Waals surface area contributed by atoms with Crippen molar-refractivity contribution in [1.82, 2.24) is 19.9 Å². The highest BCUT2D eigenvalue weighted by Gasteiger charge is 2.15. The minimum atomic E-state index is -0.226. The third kappa shape index (κ3) is 5.73. The average molecular weight is 498 g/mol. The zero-order valence-corrected chi connectivity index (χ0v) is 20.6. The number of carbonyl (C=O) groups is 1. The summed E-state index contributed by atoms with van der Waals surface area (Å²) in [4.78, 5) is 26.2. The van der Waals surface area contributed by atoms with Gasteiger partial charge in [0.25, 0.3) is 0 Å². The molecule has 0 fully saturated rings. The van der Waals surface area contributed by atoms with Crippen molar-refractivity contribution in [1.29, 1.82) is 0 Å². The maximum Gasteiger partial charge on any atom is 0.219 e. The van der Waals surface area contributed by atoms with E-state index in [1.54, 1.807) is 29.6 Å². The average Bonchev–Trinajstić information content (AvgIpc) is 3.32. The van der Waals surface area contributed by atoms with Crippen molar-refractivity contribution < 1.29 is 14.3 Å². The standard InChI is InChI=1S/C24H24ClN5O3S/c1-15(10-30(3)16(2)31)33-22-6-4-5-20-23(22)24(27-13-26-20)29-17-7-8-21(19(25)9-17)32-11-18-12-34-14-28-18/h4-9,12-15H,10-11H2,1-3H3,(H,26,27,29). The Morgan fingerprint density at radius 3 is 2.79 bits per heavy atom. The zero-order valence-electron chi connectivity index (χ0n) is 19.0. The molecule has 4 rings (SSSR count). The number of halogens is 1. The van der Waals surface area contributed by atoms with Gasteiger partial charge in [-0.05, 0) is 37.3 Å². The second-order valence-corrected chi connectivity index (χ2v) is 8.87. The third-order valence-electron chi connectivity index (χ3n) is 5.08. The largest absolute Gasteiger partial charge is 0.488 e. The van der Waals surface area contributed by atoms with E-state index in [1.165, 1.54) is 24.6 Å². The number of aromatic nitrogens is 3. The van der Waals surface area contributed by atoms with Crippen molar-refractivity contribution in [3.63, 3.8) is 0 Å². The number of nitrogens with one attached hydrogen (secondary N) is 1. The van der Waals surface area contributed by atoms with Crippen LogP contribution in [0.1, 0.15) is 19.5 Å². The smallest absolute Gasteiger partial charge is 0.219 e. The van der Waals surface area contributed by atoms with Gasteiger partial charge in [-0.1, -0.05) is 17.7 Å². The molecule has 0 saturated carbocycles. The van der Waals surface area contributed by atoms with E-state index in [0.29, 0.717) is 35.5 Å². The molecule has 0 aliphatic rings. The molecule has 1 amide bonds. The summed E-state index contributed by atoms with van der Waals surface area (Å²) in [5.74, 6) is 1.76. The van der Waals surface area contributed by atoms with Crippen LogP contribution in [-0.2, 0) is 11.4 Å². The zero-order chi connectivity index (χ0) is 24.1. The number of amides is 1. The molecular weight excluding hydrogens is 474 g/mol. The van der Waals surface area contributed by atoms with Crippen LogP contribution in [0.15, 0.2) is 53.6 Å². The molecule has 0 aliphatic carbocycles. The predicted octanol–water partition coefficient (Wildman–Crippen LogP) is 5.31. The molecule has 1 unspecified atom stereocenters. The summed E-state index contributed by atoms with van der Waals surface area (Å²) in [6.07, 6.45) is 1.27. The molecule has 0 saturated heterocycles. The highest BCUT2D eigenvalue weighted by molar-refractivity contribution is 7.07. The van der Waals surface area contributed by atoms with Crippen LogP contribution in [-0.4, -0.2) is 45.5 Å². The van der Waals surface area contributed by atoms with Crippen LogP contribution in [0.5, 0.6) is 11.5 Å². The van der Waals surface area contributed by atoms with Crippen LogP contribution in [0, 0.1) is 0 Å². The van der Waals surface area contributed by atoms with E-state index < -0.39 is 0 Å². The number of rotatable bonds is 9. The number of nitrogens with zero attached hydrogens (tertiary/aromatic N) is 4. The van der Waals surface area contributed by atoms with Gasteiger partial charge >= 0.3 is 0 Å². The number of fused-ring (bicyclic) bond motifs is 1. The highest BCUT2D eigenvalue weighted by Crippen LogP contribution is 2.34.